The minimum atomic E-state index is -1.97. The number of aliphatic hydroxyl groups is 1. The van der Waals surface area contributed by atoms with Crippen LogP contribution < -0.4 is 0 Å². The van der Waals surface area contributed by atoms with Gasteiger partial charge in [-0.3, -0.25) is 0 Å². The fourth-order valence-electron chi connectivity index (χ4n) is 0.370. The zero-order valence-electron chi connectivity index (χ0n) is 5.37. The van der Waals surface area contributed by atoms with Gasteiger partial charge >= 0.3 is 66.0 Å². The van der Waals surface area contributed by atoms with Crippen LogP contribution in [0.4, 0.5) is 0 Å². The quantitative estimate of drug-likeness (QED) is 0.457. The molecule has 0 aliphatic carbocycles. The van der Waals surface area contributed by atoms with Crippen molar-refractivity contribution in [3.8, 4) is 0 Å². The first-order chi connectivity index (χ1) is 4.36. The van der Waals surface area contributed by atoms with Crippen LogP contribution in [0.1, 0.15) is 6.42 Å². The Morgan fingerprint density at radius 2 is 1.80 bits per heavy atom. The molecule has 0 heterocycles. The summed E-state index contributed by atoms with van der Waals surface area (Å²) in [5.41, 5.74) is 0. The van der Waals surface area contributed by atoms with Gasteiger partial charge in [0.2, 0.25) is 0 Å². The van der Waals surface area contributed by atoms with Crippen molar-refractivity contribution in [3.05, 3.63) is 0 Å². The summed E-state index contributed by atoms with van der Waals surface area (Å²) in [6.45, 7) is 0. The fourth-order valence-corrected chi connectivity index (χ4v) is 1.00. The monoisotopic (exact) mass is 204 g/mol. The molecule has 56 valence electrons. The van der Waals surface area contributed by atoms with Gasteiger partial charge < -0.3 is 0 Å². The van der Waals surface area contributed by atoms with E-state index in [1.807, 2.05) is 0 Å². The third-order valence-corrected chi connectivity index (χ3v) is 2.60. The van der Waals surface area contributed by atoms with E-state index in [1.54, 1.807) is 0 Å². The molecule has 0 aliphatic rings. The molecule has 3 N–H and O–H groups in total. The molecule has 0 fully saturated rings. The van der Waals surface area contributed by atoms with Gasteiger partial charge in [-0.2, -0.15) is 0 Å². The third-order valence-electron chi connectivity index (χ3n) is 0.956. The number of hydrogen-bond donors (Lipinski definition) is 3. The first-order valence-corrected chi connectivity index (χ1v) is 4.63. The predicted molar refractivity (Wildman–Crippen MR) is 33.4 cm³/mol. The number of carboxylic acids is 2. The minimum absolute atomic E-state index is 0.454. The molecule has 0 saturated carbocycles. The van der Waals surface area contributed by atoms with Crippen molar-refractivity contribution < 1.29 is 24.9 Å². The summed E-state index contributed by atoms with van der Waals surface area (Å²) < 4.78 is -1.97. The second-order valence-electron chi connectivity index (χ2n) is 2.15. The van der Waals surface area contributed by atoms with E-state index in [2.05, 4.69) is 0 Å². The Morgan fingerprint density at radius 3 is 1.90 bits per heavy atom. The molecule has 10 heavy (non-hydrogen) atoms. The van der Waals surface area contributed by atoms with E-state index in [0.717, 1.165) is 0 Å². The molecule has 0 aromatic heterocycles. The molecule has 0 aromatic carbocycles. The second-order valence-corrected chi connectivity index (χ2v) is 5.62. The van der Waals surface area contributed by atoms with E-state index in [4.69, 9.17) is 15.3 Å². The number of carboxylic acid groups (broad SMARTS) is 2. The van der Waals surface area contributed by atoms with E-state index >= 15 is 0 Å². The Labute approximate surface area is 66.6 Å². The normalized spacial score (nSPS) is 15.7. The molecular formula is C4H7GaO5. The molecule has 1 unspecified atom stereocenters. The van der Waals surface area contributed by atoms with Gasteiger partial charge in [0.25, 0.3) is 0 Å². The number of aliphatic carboxylic acids is 2. The van der Waals surface area contributed by atoms with E-state index in [1.165, 1.54) is 0 Å². The average molecular weight is 205 g/mol. The van der Waals surface area contributed by atoms with E-state index in [0.29, 0.717) is 0 Å². The molecule has 0 rings (SSSR count). The number of rotatable bonds is 3. The molecule has 0 spiro atoms. The maximum atomic E-state index is 10.1. The topological polar surface area (TPSA) is 94.8 Å². The Bertz CT molecular complexity index is 163. The molecule has 0 aromatic rings. The van der Waals surface area contributed by atoms with Crippen LogP contribution in [0.2, 0.25) is 0 Å². The van der Waals surface area contributed by atoms with Crippen molar-refractivity contribution in [1.82, 2.24) is 0 Å². The van der Waals surface area contributed by atoms with Crippen molar-refractivity contribution in [1.29, 1.82) is 0 Å². The van der Waals surface area contributed by atoms with Gasteiger partial charge in [-0.25, -0.2) is 0 Å². The zero-order chi connectivity index (χ0) is 8.36. The SMILES string of the molecule is O=C(O)C[C](O)([GaH2])C(=O)O. The Balaban J connectivity index is 4.13. The van der Waals surface area contributed by atoms with E-state index in [9.17, 15) is 9.59 Å². The molecule has 0 aliphatic heterocycles. The molecule has 0 saturated heterocycles. The van der Waals surface area contributed by atoms with Gasteiger partial charge in [-0.05, 0) is 0 Å². The molecule has 0 bridgehead atoms. The summed E-state index contributed by atoms with van der Waals surface area (Å²) in [5.74, 6) is -2.74. The molecule has 0 radical (unpaired) electrons. The first-order valence-electron chi connectivity index (χ1n) is 2.54. The van der Waals surface area contributed by atoms with E-state index < -0.39 is 41.1 Å². The Morgan fingerprint density at radius 1 is 1.40 bits per heavy atom. The summed E-state index contributed by atoms with van der Waals surface area (Å²) in [6.07, 6.45) is -0.706. The van der Waals surface area contributed by atoms with Gasteiger partial charge in [-0.15, -0.1) is 0 Å². The summed E-state index contributed by atoms with van der Waals surface area (Å²) in [6, 6.07) is 0. The first kappa shape index (κ1) is 9.54. The van der Waals surface area contributed by atoms with Crippen LogP contribution in [0.25, 0.3) is 0 Å². The second kappa shape index (κ2) is 3.08. The van der Waals surface area contributed by atoms with Crippen molar-refractivity contribution in [2.45, 2.75) is 10.6 Å². The van der Waals surface area contributed by atoms with Crippen LogP contribution in [0.15, 0.2) is 0 Å². The predicted octanol–water partition coefficient (Wildman–Crippen LogP) is -2.13. The van der Waals surface area contributed by atoms with Crippen LogP contribution in [-0.2, 0) is 9.59 Å². The molecule has 1 atom stereocenters. The van der Waals surface area contributed by atoms with Crippen molar-refractivity contribution in [2.75, 3.05) is 0 Å². The zero-order valence-corrected chi connectivity index (χ0v) is 9.56. The molecule has 0 amide bonds. The van der Waals surface area contributed by atoms with Crippen LogP contribution in [-0.4, -0.2) is 50.0 Å². The molecular weight excluding hydrogens is 198 g/mol. The summed E-state index contributed by atoms with van der Waals surface area (Å²) in [7, 11) is 0. The van der Waals surface area contributed by atoms with Crippen LogP contribution in [0, 0.1) is 0 Å². The van der Waals surface area contributed by atoms with Crippen molar-refractivity contribution in [2.24, 2.45) is 0 Å². The number of hydrogen-bond acceptors (Lipinski definition) is 3. The summed E-state index contributed by atoms with van der Waals surface area (Å²) in [4.78, 5) is 20.0. The standard InChI is InChI=1S/C4H5O5.Ga.2H/c5-2(4(8)9)1-3(6)7;;;/h5H,1H2,(H,6,7)(H,8,9);;;. The molecule has 5 nitrogen and oxygen atoms in total. The van der Waals surface area contributed by atoms with Gasteiger partial charge in [0.05, 0.1) is 0 Å². The van der Waals surface area contributed by atoms with Gasteiger partial charge in [0.1, 0.15) is 0 Å². The average Bonchev–Trinajstić information content (AvgIpc) is 1.60. The van der Waals surface area contributed by atoms with Crippen LogP contribution >= 0.6 is 0 Å². The van der Waals surface area contributed by atoms with Crippen LogP contribution in [0.5, 0.6) is 0 Å². The Kier molecular flexibility index (Phi) is 2.94. The van der Waals surface area contributed by atoms with Crippen LogP contribution in [0.3, 0.4) is 0 Å². The summed E-state index contributed by atoms with van der Waals surface area (Å²) >= 11 is -0.454. The van der Waals surface area contributed by atoms with E-state index in [-0.39, 0.29) is 0 Å². The summed E-state index contributed by atoms with van der Waals surface area (Å²) in [5, 5.41) is 25.2. The van der Waals surface area contributed by atoms with Gasteiger partial charge in [-0.1, -0.05) is 0 Å². The third kappa shape index (κ3) is 2.90. The van der Waals surface area contributed by atoms with Gasteiger partial charge in [0.15, 0.2) is 0 Å². The maximum absolute atomic E-state index is 10.1. The number of carbonyl (C=O) groups is 2. The van der Waals surface area contributed by atoms with Crippen molar-refractivity contribution in [3.63, 3.8) is 0 Å². The Hall–Kier alpha value is -0.464. The van der Waals surface area contributed by atoms with Crippen molar-refractivity contribution >= 4 is 30.5 Å². The molecule has 6 heteroatoms. The fraction of sp³-hybridized carbons (Fsp3) is 0.500. The van der Waals surface area contributed by atoms with Gasteiger partial charge in [0, 0.05) is 0 Å².